The van der Waals surface area contributed by atoms with Crippen LogP contribution in [0.15, 0.2) is 36.4 Å². The highest BCUT2D eigenvalue weighted by molar-refractivity contribution is 14.1. The molecule has 2 aromatic rings. The maximum Gasteiger partial charge on any atom is 0.330 e. The summed E-state index contributed by atoms with van der Waals surface area (Å²) in [5.74, 6) is 1.53. The van der Waals surface area contributed by atoms with Crippen LogP contribution in [-0.4, -0.2) is 24.5 Å². The first-order chi connectivity index (χ1) is 12.4. The van der Waals surface area contributed by atoms with Crippen molar-refractivity contribution >= 4 is 52.8 Å². The molecule has 142 valence electrons. The van der Waals surface area contributed by atoms with E-state index in [1.165, 1.54) is 0 Å². The van der Waals surface area contributed by atoms with E-state index < -0.39 is 7.60 Å². The quantitative estimate of drug-likeness (QED) is 0.274. The predicted molar refractivity (Wildman–Crippen MR) is 119 cm³/mol. The Morgan fingerprint density at radius 2 is 1.65 bits per heavy atom. The van der Waals surface area contributed by atoms with Crippen LogP contribution in [-0.2, 0) is 20.0 Å². The minimum absolute atomic E-state index is 0.184. The highest BCUT2D eigenvalue weighted by Gasteiger charge is 2.24. The number of halogens is 2. The molecule has 0 fully saturated rings. The third-order valence-corrected chi connectivity index (χ3v) is 6.95. The number of aromatic hydroxyl groups is 1. The van der Waals surface area contributed by atoms with Gasteiger partial charge in [-0.05, 0) is 107 Å². The number of hydrogen-bond donors (Lipinski definition) is 1. The van der Waals surface area contributed by atoms with Crippen LogP contribution >= 0.6 is 52.8 Å². The lowest BCUT2D eigenvalue weighted by molar-refractivity contribution is 0.220. The summed E-state index contributed by atoms with van der Waals surface area (Å²) in [5, 5.41) is 9.43. The molecule has 0 bridgehead atoms. The van der Waals surface area contributed by atoms with Gasteiger partial charge in [-0.25, -0.2) is 0 Å². The Morgan fingerprint density at radius 3 is 2.23 bits per heavy atom. The second kappa shape index (κ2) is 10.3. The lowest BCUT2D eigenvalue weighted by Gasteiger charge is -2.19. The SMILES string of the molecule is CCOP(=O)(CCc1cc(I)cc(I)c1Oc1ccc(O)cc1)OCC. The van der Waals surface area contributed by atoms with E-state index in [4.69, 9.17) is 13.8 Å². The van der Waals surface area contributed by atoms with Gasteiger partial charge in [-0.15, -0.1) is 0 Å². The summed E-state index contributed by atoms with van der Waals surface area (Å²) in [5.41, 5.74) is 0.939. The van der Waals surface area contributed by atoms with Crippen molar-refractivity contribution in [3.63, 3.8) is 0 Å². The molecule has 0 aromatic heterocycles. The zero-order valence-electron chi connectivity index (χ0n) is 14.6. The van der Waals surface area contributed by atoms with Crippen molar-refractivity contribution in [1.29, 1.82) is 0 Å². The average Bonchev–Trinajstić information content (AvgIpc) is 2.58. The fourth-order valence-corrected chi connectivity index (χ4v) is 6.07. The van der Waals surface area contributed by atoms with Gasteiger partial charge in [0, 0.05) is 3.57 Å². The zero-order valence-corrected chi connectivity index (χ0v) is 19.8. The molecule has 0 saturated heterocycles. The lowest BCUT2D eigenvalue weighted by atomic mass is 10.1. The number of hydrogen-bond acceptors (Lipinski definition) is 5. The highest BCUT2D eigenvalue weighted by atomic mass is 127. The van der Waals surface area contributed by atoms with Crippen molar-refractivity contribution in [3.8, 4) is 17.2 Å². The van der Waals surface area contributed by atoms with Crippen LogP contribution in [0.5, 0.6) is 17.2 Å². The van der Waals surface area contributed by atoms with Gasteiger partial charge in [-0.2, -0.15) is 0 Å². The van der Waals surface area contributed by atoms with E-state index in [9.17, 15) is 9.67 Å². The van der Waals surface area contributed by atoms with E-state index in [0.29, 0.717) is 25.4 Å². The first-order valence-electron chi connectivity index (χ1n) is 8.19. The Morgan fingerprint density at radius 1 is 1.04 bits per heavy atom. The molecule has 0 saturated carbocycles. The first kappa shape index (κ1) is 21.9. The van der Waals surface area contributed by atoms with Crippen molar-refractivity contribution in [2.75, 3.05) is 19.4 Å². The van der Waals surface area contributed by atoms with Crippen LogP contribution in [0.1, 0.15) is 19.4 Å². The molecule has 0 radical (unpaired) electrons. The van der Waals surface area contributed by atoms with Gasteiger partial charge in [-0.3, -0.25) is 4.57 Å². The van der Waals surface area contributed by atoms with E-state index >= 15 is 0 Å². The third kappa shape index (κ3) is 6.37. The summed E-state index contributed by atoms with van der Waals surface area (Å²) in [6.07, 6.45) is 0.800. The van der Waals surface area contributed by atoms with Crippen LogP contribution in [0.4, 0.5) is 0 Å². The van der Waals surface area contributed by atoms with Crippen molar-refractivity contribution < 1.29 is 23.5 Å². The van der Waals surface area contributed by atoms with E-state index in [0.717, 1.165) is 18.5 Å². The lowest BCUT2D eigenvalue weighted by Crippen LogP contribution is -2.04. The molecule has 5 nitrogen and oxygen atoms in total. The molecule has 0 atom stereocenters. The van der Waals surface area contributed by atoms with Gasteiger partial charge < -0.3 is 18.9 Å². The molecule has 2 rings (SSSR count). The van der Waals surface area contributed by atoms with Gasteiger partial charge in [0.25, 0.3) is 0 Å². The monoisotopic (exact) mass is 602 g/mol. The summed E-state index contributed by atoms with van der Waals surface area (Å²) in [4.78, 5) is 0. The molecule has 1 N–H and O–H groups in total. The highest BCUT2D eigenvalue weighted by Crippen LogP contribution is 2.49. The van der Waals surface area contributed by atoms with Crippen LogP contribution < -0.4 is 4.74 Å². The molecule has 8 heteroatoms. The van der Waals surface area contributed by atoms with Gasteiger partial charge in [0.2, 0.25) is 0 Å². The molecule has 0 unspecified atom stereocenters. The molecular formula is C18H21I2O5P. The van der Waals surface area contributed by atoms with E-state index in [2.05, 4.69) is 45.2 Å². The van der Waals surface area contributed by atoms with Crippen molar-refractivity contribution in [2.24, 2.45) is 0 Å². The van der Waals surface area contributed by atoms with E-state index in [1.807, 2.05) is 12.1 Å². The number of aryl methyl sites for hydroxylation is 1. The van der Waals surface area contributed by atoms with E-state index in [1.54, 1.807) is 38.1 Å². The zero-order chi connectivity index (χ0) is 19.2. The summed E-state index contributed by atoms with van der Waals surface area (Å²) in [7, 11) is -3.12. The molecule has 0 spiro atoms. The minimum atomic E-state index is -3.12. The standard InChI is InChI=1S/C18H21I2O5P/c1-3-23-26(22,24-4-2)10-9-13-11-14(19)12-17(20)18(13)25-16-7-5-15(21)6-8-16/h5-8,11-12,21H,3-4,9-10H2,1-2H3. The van der Waals surface area contributed by atoms with Crippen LogP contribution in [0.2, 0.25) is 0 Å². The van der Waals surface area contributed by atoms with Crippen LogP contribution in [0.25, 0.3) is 0 Å². The van der Waals surface area contributed by atoms with Crippen LogP contribution in [0, 0.1) is 7.14 Å². The summed E-state index contributed by atoms with van der Waals surface area (Å²) >= 11 is 4.48. The number of phenolic OH excluding ortho intramolecular Hbond substituents is 1. The normalized spacial score (nSPS) is 11.5. The Hall–Kier alpha value is -0.350. The molecule has 0 aliphatic heterocycles. The topological polar surface area (TPSA) is 65.0 Å². The third-order valence-electron chi connectivity index (χ3n) is 3.45. The molecule has 0 amide bonds. The van der Waals surface area contributed by atoms with Gasteiger partial charge in [0.05, 0.1) is 22.9 Å². The number of benzene rings is 2. The minimum Gasteiger partial charge on any atom is -0.508 e. The molecule has 0 aliphatic carbocycles. The molecule has 26 heavy (non-hydrogen) atoms. The summed E-state index contributed by atoms with van der Waals surface area (Å²) < 4.78 is 31.6. The van der Waals surface area contributed by atoms with Gasteiger partial charge in [0.15, 0.2) is 0 Å². The smallest absolute Gasteiger partial charge is 0.330 e. The van der Waals surface area contributed by atoms with Crippen LogP contribution in [0.3, 0.4) is 0 Å². The number of rotatable bonds is 9. The Kier molecular flexibility index (Phi) is 8.66. The van der Waals surface area contributed by atoms with Crippen molar-refractivity contribution in [2.45, 2.75) is 20.3 Å². The Balaban J connectivity index is 2.26. The number of phenols is 1. The molecule has 0 aliphatic rings. The second-order valence-corrected chi connectivity index (χ2v) is 9.99. The first-order valence-corrected chi connectivity index (χ1v) is 12.1. The predicted octanol–water partition coefficient (Wildman–Crippen LogP) is 6.20. The fraction of sp³-hybridized carbons (Fsp3) is 0.333. The number of ether oxygens (including phenoxy) is 1. The van der Waals surface area contributed by atoms with Gasteiger partial charge >= 0.3 is 7.60 Å². The van der Waals surface area contributed by atoms with Gasteiger partial charge in [0.1, 0.15) is 17.2 Å². The molecule has 2 aromatic carbocycles. The molecule has 0 heterocycles. The van der Waals surface area contributed by atoms with E-state index in [-0.39, 0.29) is 11.9 Å². The largest absolute Gasteiger partial charge is 0.508 e. The maximum atomic E-state index is 12.7. The van der Waals surface area contributed by atoms with Crippen molar-refractivity contribution in [1.82, 2.24) is 0 Å². The molecular weight excluding hydrogens is 581 g/mol. The van der Waals surface area contributed by atoms with Gasteiger partial charge in [-0.1, -0.05) is 0 Å². The Bertz CT molecular complexity index is 770. The maximum absolute atomic E-state index is 12.7. The average molecular weight is 602 g/mol. The summed E-state index contributed by atoms with van der Waals surface area (Å²) in [6.45, 7) is 4.30. The van der Waals surface area contributed by atoms with Crippen molar-refractivity contribution in [3.05, 3.63) is 49.1 Å². The fourth-order valence-electron chi connectivity index (χ4n) is 2.36. The Labute approximate surface area is 181 Å². The summed E-state index contributed by atoms with van der Waals surface area (Å²) in [6, 6.07) is 10.6. The second-order valence-electron chi connectivity index (χ2n) is 5.39.